The summed E-state index contributed by atoms with van der Waals surface area (Å²) in [6.07, 6.45) is 3.51. The fraction of sp³-hybridized carbons (Fsp3) is 0.680. The molecule has 0 aromatic heterocycles. The maximum Gasteiger partial charge on any atom is 0.328 e. The Kier molecular flexibility index (Phi) is 15.6. The van der Waals surface area contributed by atoms with Gasteiger partial charge in [-0.1, -0.05) is 50.6 Å². The van der Waals surface area contributed by atoms with E-state index in [1.54, 1.807) is 11.8 Å². The maximum atomic E-state index is 13.3. The minimum absolute atomic E-state index is 0.0320. The molecule has 0 saturated carbocycles. The number of ether oxygens (including phenoxy) is 1. The van der Waals surface area contributed by atoms with Crippen molar-refractivity contribution in [1.29, 1.82) is 0 Å². The number of nitrogens with zero attached hydrogens (tertiary/aromatic N) is 1. The van der Waals surface area contributed by atoms with Gasteiger partial charge in [0.2, 0.25) is 5.91 Å². The molecule has 1 aromatic carbocycles. The Morgan fingerprint density at radius 2 is 1.91 bits per heavy atom. The molecule has 194 valence electrons. The number of nitrogens with two attached hydrogens (primary N) is 1. The van der Waals surface area contributed by atoms with Crippen LogP contribution in [0.2, 0.25) is 0 Å². The first kappa shape index (κ1) is 30.8. The van der Waals surface area contributed by atoms with Gasteiger partial charge in [0, 0.05) is 37.5 Å². The Bertz CT molecular complexity index is 711. The first-order valence-electron chi connectivity index (χ1n) is 12.0. The Labute approximate surface area is 215 Å². The number of carbonyl (C=O) groups is 2. The molecule has 0 spiro atoms. The molecule has 0 aliphatic rings. The number of benzene rings is 1. The zero-order chi connectivity index (χ0) is 25.5. The van der Waals surface area contributed by atoms with Crippen LogP contribution >= 0.6 is 24.4 Å². The Hall–Kier alpha value is -1.26. The highest BCUT2D eigenvalue weighted by Crippen LogP contribution is 2.15. The second kappa shape index (κ2) is 17.2. The van der Waals surface area contributed by atoms with E-state index < -0.39 is 18.1 Å². The zero-order valence-corrected chi connectivity index (χ0v) is 23.0. The number of amides is 1. The summed E-state index contributed by atoms with van der Waals surface area (Å²) in [5.41, 5.74) is 7.23. The molecule has 1 rings (SSSR count). The van der Waals surface area contributed by atoms with Gasteiger partial charge in [-0.15, -0.1) is 0 Å². The summed E-state index contributed by atoms with van der Waals surface area (Å²) < 4.78 is 4.92. The van der Waals surface area contributed by atoms with Gasteiger partial charge >= 0.3 is 5.97 Å². The van der Waals surface area contributed by atoms with Gasteiger partial charge in [0.25, 0.3) is 0 Å². The lowest BCUT2D eigenvalue weighted by Crippen LogP contribution is -2.55. The molecule has 0 fully saturated rings. The van der Waals surface area contributed by atoms with Crippen LogP contribution in [0.15, 0.2) is 30.3 Å². The summed E-state index contributed by atoms with van der Waals surface area (Å²) in [5.74, 6) is 1.17. The molecule has 34 heavy (non-hydrogen) atoms. The lowest BCUT2D eigenvalue weighted by Gasteiger charge is -2.35. The minimum Gasteiger partial charge on any atom is -0.467 e. The van der Waals surface area contributed by atoms with Gasteiger partial charge in [0.05, 0.1) is 13.2 Å². The van der Waals surface area contributed by atoms with Crippen molar-refractivity contribution in [3.63, 3.8) is 0 Å². The summed E-state index contributed by atoms with van der Waals surface area (Å²) in [5, 5.41) is 6.53. The monoisotopic (exact) mass is 512 g/mol. The molecule has 0 heterocycles. The largest absolute Gasteiger partial charge is 0.467 e. The molecule has 0 unspecified atom stereocenters. The van der Waals surface area contributed by atoms with E-state index in [4.69, 9.17) is 10.5 Å². The van der Waals surface area contributed by atoms with E-state index in [-0.39, 0.29) is 18.0 Å². The number of hydrogen-bond donors (Lipinski definition) is 4. The normalized spacial score (nSPS) is 15.9. The first-order valence-corrected chi connectivity index (χ1v) is 14.0. The van der Waals surface area contributed by atoms with Gasteiger partial charge in [0.15, 0.2) is 0 Å². The standard InChI is InChI=1S/C25H44N4O3S2/c1-6-18(2)23(27-14-21(26)17-33)16-29(15-20-10-8-7-9-11-20)19(3)24(30)28-22(12-13-34-5)25(31)32-4/h7-11,18-19,21-23,27,33H,6,12-17,26H2,1-5H3,(H,28,30)/t18-,19+,21+,22-,23-/m0/s1. The summed E-state index contributed by atoms with van der Waals surface area (Å²) in [6, 6.07) is 9.16. The smallest absolute Gasteiger partial charge is 0.328 e. The van der Waals surface area contributed by atoms with E-state index in [1.807, 2.05) is 31.4 Å². The van der Waals surface area contributed by atoms with Crippen molar-refractivity contribution < 1.29 is 14.3 Å². The molecule has 4 N–H and O–H groups in total. The molecule has 7 nitrogen and oxygen atoms in total. The summed E-state index contributed by atoms with van der Waals surface area (Å²) >= 11 is 5.93. The maximum absolute atomic E-state index is 13.3. The second-order valence-electron chi connectivity index (χ2n) is 8.80. The SMILES string of the molecule is CC[C@H](C)[C@H](CN(Cc1ccccc1)[C@H](C)C(=O)N[C@@H](CCSC)C(=O)OC)NC[C@@H](N)CS. The molecule has 0 saturated heterocycles. The van der Waals surface area contributed by atoms with Gasteiger partial charge in [-0.3, -0.25) is 9.69 Å². The number of rotatable bonds is 17. The van der Waals surface area contributed by atoms with Crippen molar-refractivity contribution in [2.24, 2.45) is 11.7 Å². The van der Waals surface area contributed by atoms with Crippen molar-refractivity contribution in [2.45, 2.75) is 64.3 Å². The molecule has 0 aliphatic heterocycles. The summed E-state index contributed by atoms with van der Waals surface area (Å²) in [7, 11) is 1.35. The number of esters is 1. The molecule has 9 heteroatoms. The third-order valence-electron chi connectivity index (χ3n) is 6.21. The molecule has 0 aliphatic carbocycles. The Balaban J connectivity index is 3.07. The number of methoxy groups -OCH3 is 1. The van der Waals surface area contributed by atoms with Gasteiger partial charge in [0.1, 0.15) is 6.04 Å². The van der Waals surface area contributed by atoms with Crippen LogP contribution in [0.5, 0.6) is 0 Å². The number of nitrogens with one attached hydrogen (secondary N) is 2. The van der Waals surface area contributed by atoms with Crippen molar-refractivity contribution in [3.05, 3.63) is 35.9 Å². The van der Waals surface area contributed by atoms with Crippen LogP contribution in [0.3, 0.4) is 0 Å². The highest BCUT2D eigenvalue weighted by molar-refractivity contribution is 7.98. The van der Waals surface area contributed by atoms with Crippen LogP contribution in [-0.4, -0.2) is 78.9 Å². The lowest BCUT2D eigenvalue weighted by molar-refractivity contribution is -0.145. The number of hydrogen-bond acceptors (Lipinski definition) is 8. The van der Waals surface area contributed by atoms with Gasteiger partial charge in [-0.05, 0) is 36.8 Å². The fourth-order valence-corrected chi connectivity index (χ4v) is 4.21. The van der Waals surface area contributed by atoms with Crippen LogP contribution in [-0.2, 0) is 20.9 Å². The van der Waals surface area contributed by atoms with Crippen molar-refractivity contribution in [1.82, 2.24) is 15.5 Å². The van der Waals surface area contributed by atoms with Crippen molar-refractivity contribution in [3.8, 4) is 0 Å². The molecule has 1 aromatic rings. The Morgan fingerprint density at radius 3 is 2.47 bits per heavy atom. The molecule has 0 bridgehead atoms. The highest BCUT2D eigenvalue weighted by atomic mass is 32.2. The molecular weight excluding hydrogens is 468 g/mol. The quantitative estimate of drug-likeness (QED) is 0.188. The van der Waals surface area contributed by atoms with Crippen LogP contribution in [0.1, 0.15) is 39.2 Å². The van der Waals surface area contributed by atoms with E-state index in [9.17, 15) is 9.59 Å². The predicted octanol–water partition coefficient (Wildman–Crippen LogP) is 2.55. The summed E-state index contributed by atoms with van der Waals surface area (Å²) in [4.78, 5) is 27.7. The zero-order valence-electron chi connectivity index (χ0n) is 21.3. The topological polar surface area (TPSA) is 96.7 Å². The predicted molar refractivity (Wildman–Crippen MR) is 146 cm³/mol. The Morgan fingerprint density at radius 1 is 1.24 bits per heavy atom. The van der Waals surface area contributed by atoms with Gasteiger partial charge in [-0.25, -0.2) is 4.79 Å². The minimum atomic E-state index is -0.650. The average molecular weight is 513 g/mol. The van der Waals surface area contributed by atoms with E-state index in [2.05, 4.69) is 54.1 Å². The van der Waals surface area contributed by atoms with E-state index in [1.165, 1.54) is 7.11 Å². The van der Waals surface area contributed by atoms with Crippen molar-refractivity contribution >= 4 is 36.3 Å². The van der Waals surface area contributed by atoms with Crippen LogP contribution in [0.4, 0.5) is 0 Å². The van der Waals surface area contributed by atoms with E-state index in [0.717, 1.165) is 17.7 Å². The fourth-order valence-electron chi connectivity index (χ4n) is 3.61. The molecule has 5 atom stereocenters. The van der Waals surface area contributed by atoms with Gasteiger partial charge in [-0.2, -0.15) is 24.4 Å². The van der Waals surface area contributed by atoms with E-state index in [0.29, 0.717) is 37.7 Å². The lowest BCUT2D eigenvalue weighted by atomic mass is 9.97. The van der Waals surface area contributed by atoms with Crippen molar-refractivity contribution in [2.75, 3.05) is 38.0 Å². The molecule has 0 radical (unpaired) electrons. The number of thiol groups is 1. The third-order valence-corrected chi connectivity index (χ3v) is 7.32. The average Bonchev–Trinajstić information content (AvgIpc) is 2.86. The van der Waals surface area contributed by atoms with Crippen LogP contribution in [0, 0.1) is 5.92 Å². The molecular formula is C25H44N4O3S2. The van der Waals surface area contributed by atoms with E-state index >= 15 is 0 Å². The van der Waals surface area contributed by atoms with Crippen LogP contribution < -0.4 is 16.4 Å². The highest BCUT2D eigenvalue weighted by Gasteiger charge is 2.29. The second-order valence-corrected chi connectivity index (χ2v) is 10.2. The van der Waals surface area contributed by atoms with Gasteiger partial charge < -0.3 is 21.1 Å². The third kappa shape index (κ3) is 11.0. The number of thioether (sulfide) groups is 1. The first-order chi connectivity index (χ1) is 16.3. The summed E-state index contributed by atoms with van der Waals surface area (Å²) in [6.45, 7) is 8.24. The molecule has 1 amide bonds. The van der Waals surface area contributed by atoms with Crippen LogP contribution in [0.25, 0.3) is 0 Å². The number of carbonyl (C=O) groups excluding carboxylic acids is 2.